The highest BCUT2D eigenvalue weighted by Gasteiger charge is 2.07. The number of halogens is 1. The Hall–Kier alpha value is -1.84. The van der Waals surface area contributed by atoms with Crippen LogP contribution in [-0.4, -0.2) is 6.04 Å². The first-order valence-electron chi connectivity index (χ1n) is 5.56. The fraction of sp³-hybridized carbons (Fsp3) is 0.357. The minimum Gasteiger partial charge on any atom is -0.309 e. The van der Waals surface area contributed by atoms with E-state index in [9.17, 15) is 4.39 Å². The van der Waals surface area contributed by atoms with Gasteiger partial charge >= 0.3 is 0 Å². The molecule has 0 aromatic heterocycles. The molecular formula is C14H15FN2. The third-order valence-electron chi connectivity index (χ3n) is 2.62. The number of rotatable bonds is 5. The van der Waals surface area contributed by atoms with Gasteiger partial charge in [-0.2, -0.15) is 5.26 Å². The van der Waals surface area contributed by atoms with Crippen LogP contribution in [0.25, 0.3) is 0 Å². The molecule has 0 aliphatic rings. The van der Waals surface area contributed by atoms with Crippen molar-refractivity contribution in [1.29, 1.82) is 5.26 Å². The first-order chi connectivity index (χ1) is 8.21. The van der Waals surface area contributed by atoms with Crippen molar-refractivity contribution < 1.29 is 4.39 Å². The van der Waals surface area contributed by atoms with E-state index in [0.717, 1.165) is 6.42 Å². The molecule has 0 amide bonds. The number of hydrogen-bond acceptors (Lipinski definition) is 2. The van der Waals surface area contributed by atoms with Crippen molar-refractivity contribution in [2.75, 3.05) is 0 Å². The van der Waals surface area contributed by atoms with Crippen LogP contribution in [0.15, 0.2) is 18.2 Å². The molecule has 3 heteroatoms. The summed E-state index contributed by atoms with van der Waals surface area (Å²) in [5.41, 5.74) is 0.890. The summed E-state index contributed by atoms with van der Waals surface area (Å²) in [5, 5.41) is 11.8. The fourth-order valence-corrected chi connectivity index (χ4v) is 1.52. The monoisotopic (exact) mass is 230 g/mol. The van der Waals surface area contributed by atoms with Gasteiger partial charge in [0.15, 0.2) is 0 Å². The van der Waals surface area contributed by atoms with E-state index in [0.29, 0.717) is 24.1 Å². The van der Waals surface area contributed by atoms with Crippen molar-refractivity contribution in [3.05, 3.63) is 35.1 Å². The topological polar surface area (TPSA) is 35.8 Å². The normalized spacial score (nSPS) is 11.5. The zero-order chi connectivity index (χ0) is 12.7. The number of benzene rings is 1. The Kier molecular flexibility index (Phi) is 5.20. The lowest BCUT2D eigenvalue weighted by Crippen LogP contribution is -2.27. The lowest BCUT2D eigenvalue weighted by molar-refractivity contribution is 0.494. The number of hydrogen-bond donors (Lipinski definition) is 1. The van der Waals surface area contributed by atoms with Crippen molar-refractivity contribution >= 4 is 0 Å². The Morgan fingerprint density at radius 1 is 1.53 bits per heavy atom. The summed E-state index contributed by atoms with van der Waals surface area (Å²) in [6.07, 6.45) is 6.78. The number of nitriles is 1. The van der Waals surface area contributed by atoms with Gasteiger partial charge in [0.2, 0.25) is 0 Å². The molecule has 1 atom stereocenters. The molecule has 1 N–H and O–H groups in total. The molecule has 2 nitrogen and oxygen atoms in total. The van der Waals surface area contributed by atoms with Crippen LogP contribution in [0.3, 0.4) is 0 Å². The quantitative estimate of drug-likeness (QED) is 0.789. The molecular weight excluding hydrogens is 215 g/mol. The van der Waals surface area contributed by atoms with Gasteiger partial charge in [-0.05, 0) is 18.6 Å². The van der Waals surface area contributed by atoms with Gasteiger partial charge in [-0.15, -0.1) is 12.3 Å². The lowest BCUT2D eigenvalue weighted by atomic mass is 10.1. The molecule has 1 aromatic rings. The zero-order valence-electron chi connectivity index (χ0n) is 9.83. The second-order valence-corrected chi connectivity index (χ2v) is 3.81. The van der Waals surface area contributed by atoms with Crippen LogP contribution in [0, 0.1) is 29.5 Å². The maximum Gasteiger partial charge on any atom is 0.129 e. The Morgan fingerprint density at radius 3 is 2.82 bits per heavy atom. The second kappa shape index (κ2) is 6.68. The van der Waals surface area contributed by atoms with E-state index in [1.54, 1.807) is 12.1 Å². The van der Waals surface area contributed by atoms with Crippen molar-refractivity contribution in [2.45, 2.75) is 32.4 Å². The summed E-state index contributed by atoms with van der Waals surface area (Å²) in [6, 6.07) is 6.60. The molecule has 1 aromatic carbocycles. The van der Waals surface area contributed by atoms with Crippen molar-refractivity contribution in [3.63, 3.8) is 0 Å². The summed E-state index contributed by atoms with van der Waals surface area (Å²) in [7, 11) is 0. The van der Waals surface area contributed by atoms with Crippen LogP contribution in [-0.2, 0) is 6.54 Å². The van der Waals surface area contributed by atoms with E-state index in [1.807, 2.05) is 13.0 Å². The third-order valence-corrected chi connectivity index (χ3v) is 2.62. The van der Waals surface area contributed by atoms with Gasteiger partial charge in [-0.3, -0.25) is 0 Å². The summed E-state index contributed by atoms with van der Waals surface area (Å²) >= 11 is 0. The molecule has 0 heterocycles. The van der Waals surface area contributed by atoms with Gasteiger partial charge < -0.3 is 5.32 Å². The number of nitrogens with one attached hydrogen (secondary N) is 1. The number of terminal acetylenes is 1. The predicted molar refractivity (Wildman–Crippen MR) is 65.5 cm³/mol. The minimum atomic E-state index is -0.355. The van der Waals surface area contributed by atoms with Gasteiger partial charge in [-0.25, -0.2) is 4.39 Å². The molecule has 0 bridgehead atoms. The van der Waals surface area contributed by atoms with Crippen LogP contribution in [0.5, 0.6) is 0 Å². The summed E-state index contributed by atoms with van der Waals surface area (Å²) in [4.78, 5) is 0. The third kappa shape index (κ3) is 3.90. The SMILES string of the molecule is C#CCC(CC)NCc1ccc(C#N)cc1F. The second-order valence-electron chi connectivity index (χ2n) is 3.81. The van der Waals surface area contributed by atoms with Crippen LogP contribution in [0.1, 0.15) is 30.9 Å². The Bertz CT molecular complexity index is 454. The van der Waals surface area contributed by atoms with Crippen LogP contribution < -0.4 is 5.32 Å². The highest BCUT2D eigenvalue weighted by Crippen LogP contribution is 2.10. The van der Waals surface area contributed by atoms with E-state index in [1.165, 1.54) is 6.07 Å². The zero-order valence-corrected chi connectivity index (χ0v) is 9.83. The molecule has 0 saturated heterocycles. The molecule has 0 fully saturated rings. The average molecular weight is 230 g/mol. The summed E-state index contributed by atoms with van der Waals surface area (Å²) in [6.45, 7) is 2.46. The predicted octanol–water partition coefficient (Wildman–Crippen LogP) is 2.59. The first-order valence-corrected chi connectivity index (χ1v) is 5.56. The van der Waals surface area contributed by atoms with Crippen molar-refractivity contribution in [1.82, 2.24) is 5.32 Å². The van der Waals surface area contributed by atoms with Gasteiger partial charge in [-0.1, -0.05) is 13.0 Å². The van der Waals surface area contributed by atoms with Gasteiger partial charge in [0.05, 0.1) is 11.6 Å². The van der Waals surface area contributed by atoms with Crippen LogP contribution in [0.4, 0.5) is 4.39 Å². The summed E-state index contributed by atoms with van der Waals surface area (Å²) < 4.78 is 13.5. The van der Waals surface area contributed by atoms with E-state index >= 15 is 0 Å². The van der Waals surface area contributed by atoms with Gasteiger partial charge in [0, 0.05) is 24.6 Å². The van der Waals surface area contributed by atoms with E-state index in [4.69, 9.17) is 11.7 Å². The highest BCUT2D eigenvalue weighted by molar-refractivity contribution is 5.32. The fourth-order valence-electron chi connectivity index (χ4n) is 1.52. The van der Waals surface area contributed by atoms with Gasteiger partial charge in [0.25, 0.3) is 0 Å². The van der Waals surface area contributed by atoms with Crippen molar-refractivity contribution in [3.8, 4) is 18.4 Å². The van der Waals surface area contributed by atoms with Crippen LogP contribution >= 0.6 is 0 Å². The Balaban J connectivity index is 2.64. The largest absolute Gasteiger partial charge is 0.309 e. The Labute approximate surface area is 101 Å². The molecule has 0 saturated carbocycles. The molecule has 0 spiro atoms. The lowest BCUT2D eigenvalue weighted by Gasteiger charge is -2.14. The maximum absolute atomic E-state index is 13.5. The van der Waals surface area contributed by atoms with E-state index in [2.05, 4.69) is 11.2 Å². The van der Waals surface area contributed by atoms with Crippen molar-refractivity contribution in [2.24, 2.45) is 0 Å². The van der Waals surface area contributed by atoms with E-state index in [-0.39, 0.29) is 11.9 Å². The maximum atomic E-state index is 13.5. The minimum absolute atomic E-state index is 0.204. The van der Waals surface area contributed by atoms with Crippen LogP contribution in [0.2, 0.25) is 0 Å². The molecule has 17 heavy (non-hydrogen) atoms. The van der Waals surface area contributed by atoms with Gasteiger partial charge in [0.1, 0.15) is 5.82 Å². The molecule has 1 rings (SSSR count). The first kappa shape index (κ1) is 13.2. The molecule has 88 valence electrons. The average Bonchev–Trinajstić information content (AvgIpc) is 2.35. The molecule has 1 unspecified atom stereocenters. The Morgan fingerprint density at radius 2 is 2.29 bits per heavy atom. The summed E-state index contributed by atoms with van der Waals surface area (Å²) in [5.74, 6) is 2.23. The highest BCUT2D eigenvalue weighted by atomic mass is 19.1. The smallest absolute Gasteiger partial charge is 0.129 e. The number of nitrogens with zero attached hydrogens (tertiary/aromatic N) is 1. The standard InChI is InChI=1S/C14H15FN2/c1-3-5-13(4-2)17-10-12-7-6-11(9-16)8-14(12)15/h1,6-8,13,17H,4-5,10H2,2H3. The molecule has 0 radical (unpaired) electrons. The van der Waals surface area contributed by atoms with E-state index < -0.39 is 0 Å². The molecule has 0 aliphatic carbocycles. The molecule has 0 aliphatic heterocycles.